The van der Waals surface area contributed by atoms with E-state index in [1.54, 1.807) is 23.1 Å². The van der Waals surface area contributed by atoms with Crippen LogP contribution in [0.1, 0.15) is 29.6 Å². The van der Waals surface area contributed by atoms with Crippen LogP contribution in [-0.2, 0) is 5.54 Å². The van der Waals surface area contributed by atoms with Crippen molar-refractivity contribution < 1.29 is 4.79 Å². The number of hydrogen-bond donors (Lipinski definition) is 3. The van der Waals surface area contributed by atoms with Gasteiger partial charge in [-0.3, -0.25) is 9.48 Å². The third-order valence-electron chi connectivity index (χ3n) is 4.24. The van der Waals surface area contributed by atoms with E-state index in [1.165, 1.54) is 6.33 Å². The number of nitrogens with two attached hydrogens (primary N) is 1. The van der Waals surface area contributed by atoms with E-state index in [1.807, 2.05) is 0 Å². The van der Waals surface area contributed by atoms with Crippen LogP contribution in [0.3, 0.4) is 0 Å². The Morgan fingerprint density at radius 2 is 2.29 bits per heavy atom. The Bertz CT molecular complexity index is 758. The quantitative estimate of drug-likeness (QED) is 0.728. The van der Waals surface area contributed by atoms with E-state index in [2.05, 4.69) is 31.8 Å². The van der Waals surface area contributed by atoms with Crippen molar-refractivity contribution >= 4 is 17.5 Å². The summed E-state index contributed by atoms with van der Waals surface area (Å²) in [5.74, 6) is 0.258. The normalized spacial score (nSPS) is 16.3. The van der Waals surface area contributed by atoms with E-state index in [9.17, 15) is 10.1 Å². The predicted molar refractivity (Wildman–Crippen MR) is 86.4 cm³/mol. The van der Waals surface area contributed by atoms with Gasteiger partial charge in [-0.1, -0.05) is 0 Å². The third-order valence-corrected chi connectivity index (χ3v) is 4.24. The number of piperidine rings is 1. The van der Waals surface area contributed by atoms with Gasteiger partial charge in [0.25, 0.3) is 5.91 Å². The molecule has 3 rings (SSSR count). The van der Waals surface area contributed by atoms with Crippen LogP contribution >= 0.6 is 0 Å². The van der Waals surface area contributed by atoms with Gasteiger partial charge < -0.3 is 16.4 Å². The summed E-state index contributed by atoms with van der Waals surface area (Å²) in [6.07, 6.45) is 6.43. The topological polar surface area (TPSA) is 135 Å². The highest BCUT2D eigenvalue weighted by Gasteiger charge is 2.36. The first-order chi connectivity index (χ1) is 11.6. The molecule has 0 saturated carbocycles. The molecule has 0 spiro atoms. The summed E-state index contributed by atoms with van der Waals surface area (Å²) in [5, 5.41) is 20.0. The fraction of sp³-hybridized carbons (Fsp3) is 0.400. The van der Waals surface area contributed by atoms with Gasteiger partial charge in [-0.05, 0) is 32.0 Å². The number of nitriles is 1. The second-order valence-corrected chi connectivity index (χ2v) is 5.73. The van der Waals surface area contributed by atoms with Crippen molar-refractivity contribution in [2.75, 3.05) is 18.4 Å². The van der Waals surface area contributed by atoms with Gasteiger partial charge in [0, 0.05) is 12.4 Å². The molecule has 24 heavy (non-hydrogen) atoms. The summed E-state index contributed by atoms with van der Waals surface area (Å²) in [6.45, 7) is 1.59. The molecule has 0 bridgehead atoms. The van der Waals surface area contributed by atoms with Crippen molar-refractivity contribution in [2.24, 2.45) is 5.73 Å². The molecule has 1 amide bonds. The minimum absolute atomic E-state index is 0.268. The number of carbonyl (C=O) groups excluding carboxylic acids is 1. The Labute approximate surface area is 138 Å². The molecule has 9 nitrogen and oxygen atoms in total. The van der Waals surface area contributed by atoms with Gasteiger partial charge in [0.15, 0.2) is 5.82 Å². The Kier molecular flexibility index (Phi) is 4.39. The fourth-order valence-electron chi connectivity index (χ4n) is 2.90. The lowest BCUT2D eigenvalue weighted by molar-refractivity contribution is 0.100. The van der Waals surface area contributed by atoms with Crippen LogP contribution in [0, 0.1) is 11.3 Å². The number of rotatable bonds is 5. The Hall–Kier alpha value is -2.99. The van der Waals surface area contributed by atoms with Gasteiger partial charge in [0.2, 0.25) is 0 Å². The third kappa shape index (κ3) is 3.04. The van der Waals surface area contributed by atoms with Crippen LogP contribution in [0.2, 0.25) is 0 Å². The van der Waals surface area contributed by atoms with E-state index >= 15 is 0 Å². The van der Waals surface area contributed by atoms with Crippen molar-refractivity contribution in [1.29, 1.82) is 5.26 Å². The highest BCUT2D eigenvalue weighted by atomic mass is 16.1. The second kappa shape index (κ2) is 6.64. The monoisotopic (exact) mass is 326 g/mol. The smallest absolute Gasteiger partial charge is 0.254 e. The van der Waals surface area contributed by atoms with Gasteiger partial charge in [-0.2, -0.15) is 10.4 Å². The van der Waals surface area contributed by atoms with E-state index in [4.69, 9.17) is 5.73 Å². The molecule has 4 N–H and O–H groups in total. The van der Waals surface area contributed by atoms with Crippen molar-refractivity contribution in [3.63, 3.8) is 0 Å². The molecule has 0 unspecified atom stereocenters. The zero-order valence-electron chi connectivity index (χ0n) is 13.1. The number of anilines is 2. The summed E-state index contributed by atoms with van der Waals surface area (Å²) in [5.41, 5.74) is 5.32. The van der Waals surface area contributed by atoms with Gasteiger partial charge in [-0.25, -0.2) is 9.97 Å². The van der Waals surface area contributed by atoms with Crippen LogP contribution in [-0.4, -0.2) is 38.7 Å². The van der Waals surface area contributed by atoms with Gasteiger partial charge in [0.05, 0.1) is 18.0 Å². The summed E-state index contributed by atoms with van der Waals surface area (Å²) in [6, 6.07) is 3.90. The molecule has 0 aliphatic carbocycles. The highest BCUT2D eigenvalue weighted by molar-refractivity contribution is 5.98. The number of nitrogens with zero attached hydrogens (tertiary/aromatic N) is 5. The maximum Gasteiger partial charge on any atom is 0.254 e. The first-order valence-corrected chi connectivity index (χ1v) is 7.65. The molecule has 3 heterocycles. The molecular weight excluding hydrogens is 308 g/mol. The fourth-order valence-corrected chi connectivity index (χ4v) is 2.90. The first-order valence-electron chi connectivity index (χ1n) is 7.65. The molecular formula is C15H18N8O. The van der Waals surface area contributed by atoms with Gasteiger partial charge in [0.1, 0.15) is 17.7 Å². The van der Waals surface area contributed by atoms with Crippen molar-refractivity contribution in [1.82, 2.24) is 25.1 Å². The van der Waals surface area contributed by atoms with E-state index in [0.29, 0.717) is 18.1 Å². The van der Waals surface area contributed by atoms with E-state index in [-0.39, 0.29) is 5.56 Å². The van der Waals surface area contributed by atoms with Crippen LogP contribution in [0.4, 0.5) is 11.6 Å². The molecule has 9 heteroatoms. The Morgan fingerprint density at radius 1 is 1.50 bits per heavy atom. The summed E-state index contributed by atoms with van der Waals surface area (Å²) < 4.78 is 1.71. The zero-order valence-corrected chi connectivity index (χ0v) is 13.1. The van der Waals surface area contributed by atoms with Gasteiger partial charge >= 0.3 is 0 Å². The minimum atomic E-state index is -0.584. The molecule has 1 saturated heterocycles. The molecule has 2 aromatic heterocycles. The largest absolute Gasteiger partial charge is 0.365 e. The van der Waals surface area contributed by atoms with Gasteiger partial charge in [-0.15, -0.1) is 0 Å². The predicted octanol–water partition coefficient (Wildman–Crippen LogP) is 0.508. The zero-order chi connectivity index (χ0) is 17.0. The molecule has 0 atom stereocenters. The average molecular weight is 326 g/mol. The molecule has 2 aromatic rings. The van der Waals surface area contributed by atoms with Crippen molar-refractivity contribution in [2.45, 2.75) is 24.8 Å². The number of primary amides is 1. The van der Waals surface area contributed by atoms with E-state index in [0.717, 1.165) is 25.9 Å². The molecule has 0 aromatic carbocycles. The number of carbonyl (C=O) groups is 1. The van der Waals surface area contributed by atoms with Crippen LogP contribution < -0.4 is 16.4 Å². The van der Waals surface area contributed by atoms with E-state index < -0.39 is 11.4 Å². The number of aromatic nitrogens is 4. The number of nitrogens with one attached hydrogen (secondary N) is 2. The average Bonchev–Trinajstić information content (AvgIpc) is 3.02. The number of hydrogen-bond acceptors (Lipinski definition) is 7. The maximum atomic E-state index is 11.8. The summed E-state index contributed by atoms with van der Waals surface area (Å²) in [7, 11) is 0. The lowest BCUT2D eigenvalue weighted by Crippen LogP contribution is -2.44. The Balaban J connectivity index is 1.98. The molecule has 1 aliphatic heterocycles. The molecule has 1 fully saturated rings. The van der Waals surface area contributed by atoms with Crippen LogP contribution in [0.15, 0.2) is 24.8 Å². The molecule has 124 valence electrons. The SMILES string of the molecule is N#CCC1(n2cc(C(N)=O)c(Nc3ccncn3)n2)CCNCC1. The maximum absolute atomic E-state index is 11.8. The Morgan fingerprint density at radius 3 is 2.92 bits per heavy atom. The second-order valence-electron chi connectivity index (χ2n) is 5.73. The van der Waals surface area contributed by atoms with Crippen molar-refractivity contribution in [3.8, 4) is 6.07 Å². The highest BCUT2D eigenvalue weighted by Crippen LogP contribution is 2.32. The minimum Gasteiger partial charge on any atom is -0.365 e. The molecule has 1 aliphatic rings. The first kappa shape index (κ1) is 15.9. The van der Waals surface area contributed by atoms with Crippen LogP contribution in [0.25, 0.3) is 0 Å². The summed E-state index contributed by atoms with van der Waals surface area (Å²) in [4.78, 5) is 19.7. The van der Waals surface area contributed by atoms with Crippen LogP contribution in [0.5, 0.6) is 0 Å². The molecule has 0 radical (unpaired) electrons. The number of amides is 1. The lowest BCUT2D eigenvalue weighted by atomic mass is 9.86. The van der Waals surface area contributed by atoms with Crippen molar-refractivity contribution in [3.05, 3.63) is 30.4 Å². The lowest BCUT2D eigenvalue weighted by Gasteiger charge is -2.36. The standard InChI is InChI=1S/C15H18N8O/c16-5-2-15(3-7-18-8-4-15)23-9-11(13(17)24)14(22-23)21-12-1-6-19-10-20-12/h1,6,9-10,18H,2-4,7-8H2,(H2,17,24)(H,19,20,21,22). The summed E-state index contributed by atoms with van der Waals surface area (Å²) >= 11 is 0.